The van der Waals surface area contributed by atoms with Crippen LogP contribution in [0, 0.1) is 17.0 Å². The summed E-state index contributed by atoms with van der Waals surface area (Å²) in [5.41, 5.74) is 4.68. The summed E-state index contributed by atoms with van der Waals surface area (Å²) < 4.78 is 5.64. The van der Waals surface area contributed by atoms with E-state index in [-0.39, 0.29) is 18.0 Å². The van der Waals surface area contributed by atoms with Crippen molar-refractivity contribution in [2.24, 2.45) is 5.10 Å². The second-order valence-corrected chi connectivity index (χ2v) is 6.33. The number of aryl methyl sites for hydroxylation is 1. The number of carbonyl (C=O) groups is 1. The first-order valence-electron chi connectivity index (χ1n) is 8.33. The first-order chi connectivity index (χ1) is 12.9. The van der Waals surface area contributed by atoms with Crippen LogP contribution in [0.25, 0.3) is 0 Å². The molecule has 0 aliphatic heterocycles. The highest BCUT2D eigenvalue weighted by molar-refractivity contribution is 6.30. The van der Waals surface area contributed by atoms with Crippen LogP contribution in [-0.2, 0) is 4.79 Å². The molecule has 0 aliphatic carbocycles. The lowest BCUT2D eigenvalue weighted by atomic mass is 10.1. The molecule has 0 aliphatic rings. The smallest absolute Gasteiger partial charge is 0.269 e. The summed E-state index contributed by atoms with van der Waals surface area (Å²) >= 11 is 5.90. The first kappa shape index (κ1) is 20.4. The molecule has 0 spiro atoms. The minimum absolute atomic E-state index is 0.00603. The minimum Gasteiger partial charge on any atom is -0.493 e. The fraction of sp³-hybridized carbons (Fsp3) is 0.263. The fourth-order valence-corrected chi connectivity index (χ4v) is 2.51. The number of nitro groups is 1. The van der Waals surface area contributed by atoms with Gasteiger partial charge in [-0.15, -0.1) is 0 Å². The van der Waals surface area contributed by atoms with Crippen LogP contribution >= 0.6 is 11.6 Å². The number of hydrazone groups is 1. The summed E-state index contributed by atoms with van der Waals surface area (Å²) in [6.45, 7) is 4.03. The molecule has 0 heterocycles. The molecular weight excluding hydrogens is 370 g/mol. The van der Waals surface area contributed by atoms with Gasteiger partial charge in [-0.3, -0.25) is 14.9 Å². The Morgan fingerprint density at radius 3 is 2.59 bits per heavy atom. The molecule has 0 saturated carbocycles. The molecule has 1 N–H and O–H groups in total. The quantitative estimate of drug-likeness (QED) is 0.316. The van der Waals surface area contributed by atoms with Crippen LogP contribution in [0.3, 0.4) is 0 Å². The zero-order valence-electron chi connectivity index (χ0n) is 15.1. The van der Waals surface area contributed by atoms with Gasteiger partial charge in [-0.1, -0.05) is 11.6 Å². The average molecular weight is 390 g/mol. The monoisotopic (exact) mass is 389 g/mol. The number of carbonyl (C=O) groups excluding carboxylic acids is 1. The summed E-state index contributed by atoms with van der Waals surface area (Å²) in [6, 6.07) is 11.3. The number of amides is 1. The van der Waals surface area contributed by atoms with E-state index in [1.165, 1.54) is 12.1 Å². The normalized spacial score (nSPS) is 11.1. The van der Waals surface area contributed by atoms with Gasteiger partial charge >= 0.3 is 0 Å². The molecule has 0 fully saturated rings. The third kappa shape index (κ3) is 6.38. The van der Waals surface area contributed by atoms with Gasteiger partial charge in [-0.25, -0.2) is 5.43 Å². The van der Waals surface area contributed by atoms with E-state index in [2.05, 4.69) is 10.5 Å². The van der Waals surface area contributed by atoms with E-state index < -0.39 is 4.92 Å². The van der Waals surface area contributed by atoms with Crippen molar-refractivity contribution in [3.05, 3.63) is 68.7 Å². The summed E-state index contributed by atoms with van der Waals surface area (Å²) in [6.07, 6.45) is 0.809. The van der Waals surface area contributed by atoms with Crippen molar-refractivity contribution in [2.45, 2.75) is 26.7 Å². The number of nitrogens with one attached hydrogen (secondary N) is 1. The lowest BCUT2D eigenvalue weighted by Crippen LogP contribution is -2.19. The molecule has 2 aromatic carbocycles. The lowest BCUT2D eigenvalue weighted by molar-refractivity contribution is -0.384. The van der Waals surface area contributed by atoms with Crippen LogP contribution in [0.1, 0.15) is 30.9 Å². The Labute approximate surface area is 162 Å². The van der Waals surface area contributed by atoms with Crippen LogP contribution < -0.4 is 10.2 Å². The van der Waals surface area contributed by atoms with E-state index in [0.29, 0.717) is 29.3 Å². The number of rotatable bonds is 8. The molecule has 2 rings (SSSR count). The first-order valence-corrected chi connectivity index (χ1v) is 8.71. The number of halogens is 1. The Bertz CT molecular complexity index is 851. The van der Waals surface area contributed by atoms with Crippen molar-refractivity contribution in [3.63, 3.8) is 0 Å². The maximum atomic E-state index is 11.9. The van der Waals surface area contributed by atoms with Crippen LogP contribution in [0.4, 0.5) is 5.69 Å². The molecule has 0 radical (unpaired) electrons. The van der Waals surface area contributed by atoms with Crippen LogP contribution in [0.5, 0.6) is 5.75 Å². The lowest BCUT2D eigenvalue weighted by Gasteiger charge is -2.09. The zero-order valence-corrected chi connectivity index (χ0v) is 15.8. The number of hydrogen-bond donors (Lipinski definition) is 1. The van der Waals surface area contributed by atoms with Gasteiger partial charge in [0.1, 0.15) is 5.75 Å². The Morgan fingerprint density at radius 2 is 1.96 bits per heavy atom. The van der Waals surface area contributed by atoms with Crippen molar-refractivity contribution >= 4 is 28.9 Å². The molecule has 1 amide bonds. The largest absolute Gasteiger partial charge is 0.493 e. The maximum absolute atomic E-state index is 11.9. The van der Waals surface area contributed by atoms with E-state index >= 15 is 0 Å². The summed E-state index contributed by atoms with van der Waals surface area (Å²) in [4.78, 5) is 22.0. The Balaban J connectivity index is 1.76. The van der Waals surface area contributed by atoms with Gasteiger partial charge in [-0.2, -0.15) is 5.10 Å². The van der Waals surface area contributed by atoms with Gasteiger partial charge in [-0.05, 0) is 61.7 Å². The average Bonchev–Trinajstić information content (AvgIpc) is 2.64. The van der Waals surface area contributed by atoms with Gasteiger partial charge < -0.3 is 4.74 Å². The van der Waals surface area contributed by atoms with Gasteiger partial charge in [0.2, 0.25) is 5.91 Å². The molecule has 0 saturated heterocycles. The standard InChI is InChI=1S/C19H20ClN3O4/c1-13-12-16(20)7-10-18(13)27-11-3-4-19(24)22-21-14(2)15-5-8-17(9-6-15)23(25)26/h5-10,12H,3-4,11H2,1-2H3,(H,22,24)/b21-14+. The Hall–Kier alpha value is -2.93. The number of ether oxygens (including phenoxy) is 1. The van der Waals surface area contributed by atoms with Crippen LogP contribution in [0.2, 0.25) is 5.02 Å². The van der Waals surface area contributed by atoms with Gasteiger partial charge in [0.05, 0.1) is 17.2 Å². The second kappa shape index (κ2) is 9.68. The van der Waals surface area contributed by atoms with Crippen molar-refractivity contribution in [1.29, 1.82) is 0 Å². The van der Waals surface area contributed by atoms with Crippen molar-refractivity contribution in [3.8, 4) is 5.75 Å². The number of benzene rings is 2. The predicted octanol–water partition coefficient (Wildman–Crippen LogP) is 4.26. The van der Waals surface area contributed by atoms with Gasteiger partial charge in [0.15, 0.2) is 0 Å². The van der Waals surface area contributed by atoms with Gasteiger partial charge in [0.25, 0.3) is 5.69 Å². The minimum atomic E-state index is -0.467. The number of nitrogens with zero attached hydrogens (tertiary/aromatic N) is 2. The van der Waals surface area contributed by atoms with E-state index in [1.54, 1.807) is 31.2 Å². The topological polar surface area (TPSA) is 93.8 Å². The molecular formula is C19H20ClN3O4. The number of nitro benzene ring substituents is 1. The predicted molar refractivity (Wildman–Crippen MR) is 104 cm³/mol. The summed E-state index contributed by atoms with van der Waals surface area (Å²) in [5, 5.41) is 15.3. The van der Waals surface area contributed by atoms with Crippen LogP contribution in [-0.4, -0.2) is 23.1 Å². The van der Waals surface area contributed by atoms with Gasteiger partial charge in [0, 0.05) is 23.6 Å². The zero-order chi connectivity index (χ0) is 19.8. The summed E-state index contributed by atoms with van der Waals surface area (Å²) in [7, 11) is 0. The molecule has 2 aromatic rings. The Morgan fingerprint density at radius 1 is 1.26 bits per heavy atom. The SMILES string of the molecule is C/C(=N\NC(=O)CCCOc1ccc(Cl)cc1C)c1ccc([N+](=O)[O-])cc1. The molecule has 142 valence electrons. The molecule has 7 nitrogen and oxygen atoms in total. The summed E-state index contributed by atoms with van der Waals surface area (Å²) in [5.74, 6) is 0.513. The second-order valence-electron chi connectivity index (χ2n) is 5.90. The highest BCUT2D eigenvalue weighted by Crippen LogP contribution is 2.21. The molecule has 0 unspecified atom stereocenters. The third-order valence-electron chi connectivity index (χ3n) is 3.79. The molecule has 0 aromatic heterocycles. The van der Waals surface area contributed by atoms with E-state index in [0.717, 1.165) is 11.3 Å². The molecule has 0 bridgehead atoms. The molecule has 8 heteroatoms. The van der Waals surface area contributed by atoms with Crippen molar-refractivity contribution in [2.75, 3.05) is 6.61 Å². The fourth-order valence-electron chi connectivity index (χ4n) is 2.28. The Kier molecular flexibility index (Phi) is 7.31. The highest BCUT2D eigenvalue weighted by Gasteiger charge is 2.06. The maximum Gasteiger partial charge on any atom is 0.269 e. The van der Waals surface area contributed by atoms with Crippen molar-refractivity contribution in [1.82, 2.24) is 5.43 Å². The molecule has 0 atom stereocenters. The molecule has 27 heavy (non-hydrogen) atoms. The van der Waals surface area contributed by atoms with E-state index in [4.69, 9.17) is 16.3 Å². The van der Waals surface area contributed by atoms with E-state index in [1.807, 2.05) is 13.0 Å². The number of non-ortho nitro benzene ring substituents is 1. The highest BCUT2D eigenvalue weighted by atomic mass is 35.5. The number of hydrogen-bond acceptors (Lipinski definition) is 5. The third-order valence-corrected chi connectivity index (χ3v) is 4.02. The van der Waals surface area contributed by atoms with Crippen LogP contribution in [0.15, 0.2) is 47.6 Å². The van der Waals surface area contributed by atoms with Crippen molar-refractivity contribution < 1.29 is 14.5 Å². The van der Waals surface area contributed by atoms with E-state index in [9.17, 15) is 14.9 Å².